The minimum absolute atomic E-state index is 0.0434. The molecule has 0 fully saturated rings. The van der Waals surface area contributed by atoms with Gasteiger partial charge in [-0.1, -0.05) is 102 Å². The molecule has 42 heavy (non-hydrogen) atoms. The lowest BCUT2D eigenvalue weighted by atomic mass is 10.0. The number of unbranched alkanes of at least 4 members (excludes halogenated alkanes) is 8. The van der Waals surface area contributed by atoms with Crippen molar-refractivity contribution in [2.75, 3.05) is 19.8 Å². The third-order valence-electron chi connectivity index (χ3n) is 7.34. The van der Waals surface area contributed by atoms with Crippen molar-refractivity contribution in [3.05, 3.63) is 83.9 Å². The van der Waals surface area contributed by atoms with E-state index in [0.717, 1.165) is 42.7 Å². The van der Waals surface area contributed by atoms with Crippen LogP contribution in [0.4, 0.5) is 8.78 Å². The van der Waals surface area contributed by atoms with Gasteiger partial charge in [-0.2, -0.15) is 0 Å². The maximum atomic E-state index is 13.6. The van der Waals surface area contributed by atoms with Crippen molar-refractivity contribution in [3.8, 4) is 22.6 Å². The first-order valence-electron chi connectivity index (χ1n) is 15.5. The van der Waals surface area contributed by atoms with Gasteiger partial charge in [0.1, 0.15) is 11.5 Å². The Morgan fingerprint density at radius 3 is 1.79 bits per heavy atom. The molecule has 228 valence electrons. The van der Waals surface area contributed by atoms with E-state index >= 15 is 0 Å². The van der Waals surface area contributed by atoms with E-state index in [1.54, 1.807) is 36.4 Å². The van der Waals surface area contributed by atoms with Crippen molar-refractivity contribution in [3.63, 3.8) is 0 Å². The van der Waals surface area contributed by atoms with Crippen LogP contribution in [-0.2, 0) is 4.74 Å². The van der Waals surface area contributed by atoms with E-state index in [2.05, 4.69) is 6.92 Å². The van der Waals surface area contributed by atoms with Crippen LogP contribution in [0.5, 0.6) is 11.5 Å². The fraction of sp³-hybridized carbons (Fsp3) is 0.472. The summed E-state index contributed by atoms with van der Waals surface area (Å²) in [5.41, 5.74) is 2.86. The van der Waals surface area contributed by atoms with Crippen molar-refractivity contribution in [2.24, 2.45) is 0 Å². The number of rotatable bonds is 20. The Balaban J connectivity index is 1.44. The van der Waals surface area contributed by atoms with Crippen molar-refractivity contribution >= 4 is 5.97 Å². The number of ether oxygens (including phenoxy) is 3. The number of benzene rings is 3. The van der Waals surface area contributed by atoms with Gasteiger partial charge in [-0.05, 0) is 65.9 Å². The summed E-state index contributed by atoms with van der Waals surface area (Å²) in [7, 11) is 0. The number of carbonyl (C=O) groups excluding carboxylic acids is 1. The normalized spacial score (nSPS) is 11.9. The van der Waals surface area contributed by atoms with Gasteiger partial charge >= 0.3 is 5.97 Å². The third kappa shape index (κ3) is 11.6. The molecule has 0 saturated heterocycles. The number of hydrogen-bond acceptors (Lipinski definition) is 4. The summed E-state index contributed by atoms with van der Waals surface area (Å²) < 4.78 is 43.9. The highest BCUT2D eigenvalue weighted by atomic mass is 19.3. The van der Waals surface area contributed by atoms with Crippen molar-refractivity contribution in [1.29, 1.82) is 0 Å². The lowest BCUT2D eigenvalue weighted by molar-refractivity contribution is 0.0425. The minimum Gasteiger partial charge on any atom is -0.494 e. The van der Waals surface area contributed by atoms with Crippen LogP contribution in [0.25, 0.3) is 11.1 Å². The zero-order valence-electron chi connectivity index (χ0n) is 25.2. The Bertz CT molecular complexity index is 1140. The van der Waals surface area contributed by atoms with E-state index in [-0.39, 0.29) is 6.61 Å². The molecule has 0 heterocycles. The average Bonchev–Trinajstić information content (AvgIpc) is 3.01. The summed E-state index contributed by atoms with van der Waals surface area (Å²) in [5.74, 6) is -0.367. The Labute approximate surface area is 250 Å². The molecule has 4 nitrogen and oxygen atoms in total. The number of halogens is 2. The van der Waals surface area contributed by atoms with Crippen LogP contribution in [0.2, 0.25) is 0 Å². The van der Waals surface area contributed by atoms with Gasteiger partial charge in [0.25, 0.3) is 0 Å². The molecule has 0 aromatic heterocycles. The second-order valence-electron chi connectivity index (χ2n) is 10.8. The molecule has 0 aliphatic carbocycles. The molecule has 0 amide bonds. The van der Waals surface area contributed by atoms with Crippen LogP contribution >= 0.6 is 0 Å². The van der Waals surface area contributed by atoms with E-state index in [9.17, 15) is 13.6 Å². The Hall–Kier alpha value is -3.25. The van der Waals surface area contributed by atoms with Gasteiger partial charge in [-0.3, -0.25) is 0 Å². The number of hydrogen-bond donors (Lipinski definition) is 0. The molecule has 0 radical (unpaired) electrons. The zero-order chi connectivity index (χ0) is 30.0. The largest absolute Gasteiger partial charge is 0.494 e. The van der Waals surface area contributed by atoms with Crippen LogP contribution in [0.1, 0.15) is 99.9 Å². The molecule has 0 spiro atoms. The fourth-order valence-corrected chi connectivity index (χ4v) is 4.69. The highest BCUT2D eigenvalue weighted by Crippen LogP contribution is 2.27. The molecule has 3 rings (SSSR count). The number of carbonyl (C=O) groups is 1. The SMILES string of the molecule is CCCCCCCCCCOc1ccc(-c2ccc(C(=O)Oc3ccc([C@H](COCCCC)C(F)F)cc3)cc2)cc1. The summed E-state index contributed by atoms with van der Waals surface area (Å²) in [4.78, 5) is 12.7. The number of esters is 1. The Kier molecular flexibility index (Phi) is 15.1. The quantitative estimate of drug-likeness (QED) is 0.0758. The average molecular weight is 581 g/mol. The molecule has 3 aromatic carbocycles. The molecular formula is C36H46F2O4. The standard InChI is InChI=1S/C36H46F2O4/c1-3-5-7-8-9-10-11-12-26-41-32-21-17-29(18-22-32)28-13-15-31(16-14-28)36(39)42-33-23-19-30(20-24-33)34(35(37)38)27-40-25-6-4-2/h13-24,34-35H,3-12,25-27H2,1-2H3/t34-/m0/s1. The lowest BCUT2D eigenvalue weighted by Gasteiger charge is -2.17. The minimum atomic E-state index is -2.54. The molecule has 0 bridgehead atoms. The van der Waals surface area contributed by atoms with Crippen LogP contribution < -0.4 is 9.47 Å². The molecule has 0 N–H and O–H groups in total. The van der Waals surface area contributed by atoms with E-state index in [0.29, 0.717) is 23.5 Å². The summed E-state index contributed by atoms with van der Waals surface area (Å²) in [6, 6.07) is 21.4. The van der Waals surface area contributed by atoms with Gasteiger partial charge in [-0.25, -0.2) is 13.6 Å². The molecule has 0 saturated carbocycles. The van der Waals surface area contributed by atoms with Gasteiger partial charge in [0.05, 0.1) is 24.7 Å². The van der Waals surface area contributed by atoms with Gasteiger partial charge in [0, 0.05) is 6.61 Å². The predicted octanol–water partition coefficient (Wildman–Crippen LogP) is 10.3. The van der Waals surface area contributed by atoms with Crippen LogP contribution in [-0.4, -0.2) is 32.2 Å². The van der Waals surface area contributed by atoms with Crippen molar-refractivity contribution in [1.82, 2.24) is 0 Å². The highest BCUT2D eigenvalue weighted by Gasteiger charge is 2.23. The maximum absolute atomic E-state index is 13.6. The Morgan fingerprint density at radius 2 is 1.19 bits per heavy atom. The second-order valence-corrected chi connectivity index (χ2v) is 10.8. The van der Waals surface area contributed by atoms with Crippen molar-refractivity contribution in [2.45, 2.75) is 90.4 Å². The monoisotopic (exact) mass is 580 g/mol. The van der Waals surface area contributed by atoms with E-state index in [4.69, 9.17) is 14.2 Å². The predicted molar refractivity (Wildman–Crippen MR) is 166 cm³/mol. The van der Waals surface area contributed by atoms with Gasteiger partial charge < -0.3 is 14.2 Å². The third-order valence-corrected chi connectivity index (χ3v) is 7.34. The molecule has 1 atom stereocenters. The van der Waals surface area contributed by atoms with E-state index < -0.39 is 18.3 Å². The molecular weight excluding hydrogens is 534 g/mol. The maximum Gasteiger partial charge on any atom is 0.343 e. The molecule has 6 heteroatoms. The summed E-state index contributed by atoms with van der Waals surface area (Å²) in [5, 5.41) is 0. The van der Waals surface area contributed by atoms with E-state index in [1.807, 2.05) is 43.3 Å². The molecule has 0 aliphatic heterocycles. The first kappa shape index (κ1) is 33.3. The smallest absolute Gasteiger partial charge is 0.343 e. The first-order valence-corrected chi connectivity index (χ1v) is 15.5. The molecule has 0 aliphatic rings. The summed E-state index contributed by atoms with van der Waals surface area (Å²) in [6.07, 6.45) is 9.44. The summed E-state index contributed by atoms with van der Waals surface area (Å²) >= 11 is 0. The van der Waals surface area contributed by atoms with Crippen LogP contribution in [0.3, 0.4) is 0 Å². The van der Waals surface area contributed by atoms with Gasteiger partial charge in [-0.15, -0.1) is 0 Å². The topological polar surface area (TPSA) is 44.8 Å². The molecule has 0 unspecified atom stereocenters. The van der Waals surface area contributed by atoms with Gasteiger partial charge in [0.15, 0.2) is 0 Å². The lowest BCUT2D eigenvalue weighted by Crippen LogP contribution is -2.16. The van der Waals surface area contributed by atoms with Crippen LogP contribution in [0.15, 0.2) is 72.8 Å². The second kappa shape index (κ2) is 19.0. The first-order chi connectivity index (χ1) is 20.5. The zero-order valence-corrected chi connectivity index (χ0v) is 25.2. The van der Waals surface area contributed by atoms with E-state index in [1.165, 1.54) is 44.9 Å². The fourth-order valence-electron chi connectivity index (χ4n) is 4.69. The highest BCUT2D eigenvalue weighted by molar-refractivity contribution is 5.91. The summed E-state index contributed by atoms with van der Waals surface area (Å²) in [6.45, 7) is 5.42. The molecule has 3 aromatic rings. The van der Waals surface area contributed by atoms with Gasteiger partial charge in [0.2, 0.25) is 6.43 Å². The van der Waals surface area contributed by atoms with Crippen molar-refractivity contribution < 1.29 is 27.8 Å². The van der Waals surface area contributed by atoms with Crippen LogP contribution in [0, 0.1) is 0 Å². The Morgan fingerprint density at radius 1 is 0.643 bits per heavy atom. The number of alkyl halides is 2.